The maximum atomic E-state index is 3.61. The summed E-state index contributed by atoms with van der Waals surface area (Å²) in [7, 11) is 0. The van der Waals surface area contributed by atoms with Crippen LogP contribution in [0.3, 0.4) is 0 Å². The van der Waals surface area contributed by atoms with Gasteiger partial charge in [-0.1, -0.05) is 18.2 Å². The number of hydrogen-bond acceptors (Lipinski definition) is 2. The Morgan fingerprint density at radius 2 is 1.75 bits per heavy atom. The fraction of sp³-hybridized carbons (Fsp3) is 0.500. The van der Waals surface area contributed by atoms with E-state index in [4.69, 9.17) is 0 Å². The van der Waals surface area contributed by atoms with Crippen molar-refractivity contribution in [1.82, 2.24) is 5.32 Å². The first-order valence-corrected chi connectivity index (χ1v) is 5.39. The first-order chi connectivity index (χ1) is 6.86. The summed E-state index contributed by atoms with van der Waals surface area (Å²) in [4.78, 5) is 0. The molecule has 0 atom stereocenters. The number of rotatable bonds is 2. The molecule has 1 aliphatic heterocycles. The zero-order chi connectivity index (χ0) is 9.80. The number of aryl methyl sites for hydroxylation is 1. The van der Waals surface area contributed by atoms with Crippen LogP contribution in [0.25, 0.3) is 0 Å². The molecule has 0 spiro atoms. The molecule has 0 aromatic heterocycles. The minimum atomic E-state index is 0. The van der Waals surface area contributed by atoms with Crippen molar-refractivity contribution in [2.75, 3.05) is 18.4 Å². The van der Waals surface area contributed by atoms with Crippen molar-refractivity contribution < 1.29 is 0 Å². The van der Waals surface area contributed by atoms with Crippen molar-refractivity contribution in [3.8, 4) is 0 Å². The highest BCUT2D eigenvalue weighted by atomic mass is 35.5. The Bertz CT molecular complexity index is 299. The van der Waals surface area contributed by atoms with E-state index in [2.05, 4.69) is 41.8 Å². The normalized spacial score (nSPS) is 15.8. The summed E-state index contributed by atoms with van der Waals surface area (Å²) in [6.45, 7) is 4.44. The van der Waals surface area contributed by atoms with Gasteiger partial charge in [0.05, 0.1) is 0 Å². The quantitative estimate of drug-likeness (QED) is 0.857. The standard InChI is InChI=1S/C12H18N2.2ClH/c1-10-4-2-3-5-12(10)14-11-6-8-13-9-7-11;;/h2-5,11,13-14H,6-9H2,1H3;2*1H. The van der Waals surface area contributed by atoms with E-state index < -0.39 is 0 Å². The highest BCUT2D eigenvalue weighted by Crippen LogP contribution is 2.17. The van der Waals surface area contributed by atoms with Gasteiger partial charge < -0.3 is 10.6 Å². The Labute approximate surface area is 110 Å². The number of nitrogens with one attached hydrogen (secondary N) is 2. The maximum absolute atomic E-state index is 3.61. The second-order valence-electron chi connectivity index (χ2n) is 3.98. The lowest BCUT2D eigenvalue weighted by Crippen LogP contribution is -2.35. The summed E-state index contributed by atoms with van der Waals surface area (Å²) in [5.41, 5.74) is 2.63. The third-order valence-corrected chi connectivity index (χ3v) is 2.84. The fourth-order valence-corrected chi connectivity index (χ4v) is 1.92. The second-order valence-corrected chi connectivity index (χ2v) is 3.98. The van der Waals surface area contributed by atoms with Gasteiger partial charge in [0.1, 0.15) is 0 Å². The van der Waals surface area contributed by atoms with Crippen molar-refractivity contribution in [2.45, 2.75) is 25.8 Å². The number of benzene rings is 1. The molecule has 16 heavy (non-hydrogen) atoms. The van der Waals surface area contributed by atoms with Gasteiger partial charge in [-0.05, 0) is 44.5 Å². The van der Waals surface area contributed by atoms with Crippen molar-refractivity contribution in [2.24, 2.45) is 0 Å². The van der Waals surface area contributed by atoms with Crippen LogP contribution in [0.15, 0.2) is 24.3 Å². The molecule has 0 saturated carbocycles. The van der Waals surface area contributed by atoms with Crippen molar-refractivity contribution in [3.05, 3.63) is 29.8 Å². The maximum Gasteiger partial charge on any atom is 0.0372 e. The lowest BCUT2D eigenvalue weighted by Gasteiger charge is -2.25. The van der Waals surface area contributed by atoms with Crippen molar-refractivity contribution in [3.63, 3.8) is 0 Å². The number of hydrogen-bond donors (Lipinski definition) is 2. The molecule has 2 rings (SSSR count). The van der Waals surface area contributed by atoms with Crippen LogP contribution in [-0.4, -0.2) is 19.1 Å². The lowest BCUT2D eigenvalue weighted by atomic mass is 10.1. The van der Waals surface area contributed by atoms with E-state index in [1.807, 2.05) is 0 Å². The summed E-state index contributed by atoms with van der Waals surface area (Å²) in [5, 5.41) is 6.98. The Hall–Kier alpha value is -0.440. The zero-order valence-electron chi connectivity index (χ0n) is 9.53. The number of anilines is 1. The minimum absolute atomic E-state index is 0. The van der Waals surface area contributed by atoms with Gasteiger partial charge in [0.2, 0.25) is 0 Å². The van der Waals surface area contributed by atoms with E-state index in [1.165, 1.54) is 24.1 Å². The summed E-state index contributed by atoms with van der Waals surface area (Å²) in [6, 6.07) is 9.15. The SMILES string of the molecule is Cc1ccccc1NC1CCNCC1.Cl.Cl. The average Bonchev–Trinajstić information content (AvgIpc) is 2.23. The highest BCUT2D eigenvalue weighted by molar-refractivity contribution is 5.85. The topological polar surface area (TPSA) is 24.1 Å². The van der Waals surface area contributed by atoms with E-state index in [-0.39, 0.29) is 24.8 Å². The lowest BCUT2D eigenvalue weighted by molar-refractivity contribution is 0.479. The molecule has 1 saturated heterocycles. The molecule has 0 amide bonds. The Morgan fingerprint density at radius 1 is 1.12 bits per heavy atom. The van der Waals surface area contributed by atoms with Crippen LogP contribution in [0.2, 0.25) is 0 Å². The summed E-state index contributed by atoms with van der Waals surface area (Å²) < 4.78 is 0. The van der Waals surface area contributed by atoms with E-state index >= 15 is 0 Å². The van der Waals surface area contributed by atoms with Gasteiger partial charge in [0.25, 0.3) is 0 Å². The molecule has 2 N–H and O–H groups in total. The molecule has 92 valence electrons. The molecule has 4 heteroatoms. The molecule has 1 heterocycles. The second kappa shape index (κ2) is 7.77. The molecule has 0 bridgehead atoms. The Morgan fingerprint density at radius 3 is 2.38 bits per heavy atom. The number of para-hydroxylation sites is 1. The smallest absolute Gasteiger partial charge is 0.0372 e. The molecule has 0 unspecified atom stereocenters. The van der Waals surface area contributed by atoms with E-state index in [1.54, 1.807) is 0 Å². The van der Waals surface area contributed by atoms with Gasteiger partial charge in [-0.3, -0.25) is 0 Å². The van der Waals surface area contributed by atoms with Crippen LogP contribution >= 0.6 is 24.8 Å². The predicted molar refractivity (Wildman–Crippen MR) is 75.2 cm³/mol. The van der Waals surface area contributed by atoms with Gasteiger partial charge in [0, 0.05) is 11.7 Å². The van der Waals surface area contributed by atoms with Crippen LogP contribution < -0.4 is 10.6 Å². The first-order valence-electron chi connectivity index (χ1n) is 5.39. The molecular formula is C12H20Cl2N2. The molecule has 0 aliphatic carbocycles. The molecule has 2 nitrogen and oxygen atoms in total. The Balaban J connectivity index is 0.00000112. The van der Waals surface area contributed by atoms with E-state index in [9.17, 15) is 0 Å². The van der Waals surface area contributed by atoms with Crippen LogP contribution in [-0.2, 0) is 0 Å². The van der Waals surface area contributed by atoms with Gasteiger partial charge in [-0.15, -0.1) is 24.8 Å². The fourth-order valence-electron chi connectivity index (χ4n) is 1.92. The summed E-state index contributed by atoms with van der Waals surface area (Å²) >= 11 is 0. The minimum Gasteiger partial charge on any atom is -0.382 e. The number of halogens is 2. The summed E-state index contributed by atoms with van der Waals surface area (Å²) in [5.74, 6) is 0. The molecule has 0 radical (unpaired) electrons. The highest BCUT2D eigenvalue weighted by Gasteiger charge is 2.12. The van der Waals surface area contributed by atoms with E-state index in [0.717, 1.165) is 13.1 Å². The van der Waals surface area contributed by atoms with Gasteiger partial charge >= 0.3 is 0 Å². The third kappa shape index (κ3) is 4.20. The average molecular weight is 263 g/mol. The van der Waals surface area contributed by atoms with E-state index in [0.29, 0.717) is 6.04 Å². The van der Waals surface area contributed by atoms with Crippen LogP contribution in [0.5, 0.6) is 0 Å². The first kappa shape index (κ1) is 15.6. The monoisotopic (exact) mass is 262 g/mol. The zero-order valence-corrected chi connectivity index (χ0v) is 11.2. The molecule has 1 aromatic rings. The molecular weight excluding hydrogens is 243 g/mol. The molecule has 1 fully saturated rings. The predicted octanol–water partition coefficient (Wildman–Crippen LogP) is 3.00. The van der Waals surface area contributed by atoms with Gasteiger partial charge in [-0.2, -0.15) is 0 Å². The van der Waals surface area contributed by atoms with Gasteiger partial charge in [-0.25, -0.2) is 0 Å². The number of piperidine rings is 1. The Kier molecular flexibility index (Phi) is 7.56. The van der Waals surface area contributed by atoms with Crippen molar-refractivity contribution >= 4 is 30.5 Å². The van der Waals surface area contributed by atoms with Crippen molar-refractivity contribution in [1.29, 1.82) is 0 Å². The summed E-state index contributed by atoms with van der Waals surface area (Å²) in [6.07, 6.45) is 2.46. The van der Waals surface area contributed by atoms with Crippen LogP contribution in [0.4, 0.5) is 5.69 Å². The largest absolute Gasteiger partial charge is 0.382 e. The van der Waals surface area contributed by atoms with Crippen LogP contribution in [0, 0.1) is 6.92 Å². The molecule has 1 aromatic carbocycles. The third-order valence-electron chi connectivity index (χ3n) is 2.84. The van der Waals surface area contributed by atoms with Crippen LogP contribution in [0.1, 0.15) is 18.4 Å². The van der Waals surface area contributed by atoms with Gasteiger partial charge in [0.15, 0.2) is 0 Å². The molecule has 1 aliphatic rings.